The summed E-state index contributed by atoms with van der Waals surface area (Å²) in [4.78, 5) is 0. The third kappa shape index (κ3) is 2.47. The van der Waals surface area contributed by atoms with Gasteiger partial charge in [0.05, 0.1) is 6.61 Å². The van der Waals surface area contributed by atoms with Crippen molar-refractivity contribution < 1.29 is 4.74 Å². The molecule has 1 aliphatic carbocycles. The molecule has 0 unspecified atom stereocenters. The van der Waals surface area contributed by atoms with Crippen molar-refractivity contribution in [1.82, 2.24) is 5.32 Å². The fraction of sp³-hybridized carbons (Fsp3) is 0.600. The smallest absolute Gasteiger partial charge is 0.122 e. The summed E-state index contributed by atoms with van der Waals surface area (Å²) in [6.07, 6.45) is 4.94. The number of rotatable bonds is 4. The van der Waals surface area contributed by atoms with Crippen LogP contribution in [0.4, 0.5) is 0 Å². The van der Waals surface area contributed by atoms with E-state index in [-0.39, 0.29) is 0 Å². The van der Waals surface area contributed by atoms with Crippen LogP contribution in [0.15, 0.2) is 18.2 Å². The van der Waals surface area contributed by atoms with Gasteiger partial charge in [0.1, 0.15) is 5.75 Å². The first-order chi connectivity index (χ1) is 8.31. The summed E-state index contributed by atoms with van der Waals surface area (Å²) in [5, 5.41) is 3.63. The zero-order valence-electron chi connectivity index (χ0n) is 10.5. The second kappa shape index (κ2) is 4.69. The molecule has 1 aliphatic heterocycles. The lowest BCUT2D eigenvalue weighted by atomic mass is 9.82. The van der Waals surface area contributed by atoms with Gasteiger partial charge in [-0.3, -0.25) is 0 Å². The molecular weight excluding hydrogens is 210 g/mol. The van der Waals surface area contributed by atoms with Crippen LogP contribution in [0.25, 0.3) is 0 Å². The SMILES string of the molecule is CC1CC(NCCc2ccc3c(c2)CCO3)C1. The highest BCUT2D eigenvalue weighted by Crippen LogP contribution is 2.27. The Morgan fingerprint density at radius 2 is 2.24 bits per heavy atom. The lowest BCUT2D eigenvalue weighted by Gasteiger charge is -2.33. The maximum Gasteiger partial charge on any atom is 0.122 e. The van der Waals surface area contributed by atoms with Crippen LogP contribution in [0, 0.1) is 5.92 Å². The third-order valence-electron chi connectivity index (χ3n) is 3.97. The Bertz CT molecular complexity index is 396. The number of nitrogens with one attached hydrogen (secondary N) is 1. The molecule has 0 saturated heterocycles. The van der Waals surface area contributed by atoms with Crippen LogP contribution in [-0.2, 0) is 12.8 Å². The first-order valence-corrected chi connectivity index (χ1v) is 6.79. The summed E-state index contributed by atoms with van der Waals surface area (Å²) in [6.45, 7) is 4.30. The van der Waals surface area contributed by atoms with Crippen LogP contribution in [0.2, 0.25) is 0 Å². The number of fused-ring (bicyclic) bond motifs is 1. The van der Waals surface area contributed by atoms with E-state index < -0.39 is 0 Å². The Hall–Kier alpha value is -1.02. The monoisotopic (exact) mass is 231 g/mol. The molecule has 1 aromatic rings. The zero-order valence-corrected chi connectivity index (χ0v) is 10.5. The van der Waals surface area contributed by atoms with Gasteiger partial charge >= 0.3 is 0 Å². The highest BCUT2D eigenvalue weighted by Gasteiger charge is 2.24. The molecule has 0 radical (unpaired) electrons. The quantitative estimate of drug-likeness (QED) is 0.860. The summed E-state index contributed by atoms with van der Waals surface area (Å²) in [5.74, 6) is 2.03. The van der Waals surface area contributed by atoms with E-state index in [0.29, 0.717) is 0 Å². The fourth-order valence-corrected chi connectivity index (χ4v) is 2.89. The maximum absolute atomic E-state index is 5.52. The average Bonchev–Trinajstić information content (AvgIpc) is 2.73. The summed E-state index contributed by atoms with van der Waals surface area (Å²) in [6, 6.07) is 7.42. The van der Waals surface area contributed by atoms with Gasteiger partial charge in [-0.25, -0.2) is 0 Å². The minimum Gasteiger partial charge on any atom is -0.493 e. The van der Waals surface area contributed by atoms with E-state index in [1.54, 1.807) is 0 Å². The molecule has 1 saturated carbocycles. The molecule has 0 aromatic heterocycles. The van der Waals surface area contributed by atoms with E-state index in [2.05, 4.69) is 30.4 Å². The second-order valence-electron chi connectivity index (χ2n) is 5.52. The zero-order chi connectivity index (χ0) is 11.7. The van der Waals surface area contributed by atoms with Crippen molar-refractivity contribution in [2.45, 2.75) is 38.6 Å². The van der Waals surface area contributed by atoms with Crippen LogP contribution in [0.5, 0.6) is 5.75 Å². The molecule has 92 valence electrons. The van der Waals surface area contributed by atoms with Gasteiger partial charge in [-0.05, 0) is 48.9 Å². The Labute approximate surface area is 103 Å². The predicted molar refractivity (Wildman–Crippen MR) is 69.5 cm³/mol. The number of benzene rings is 1. The van der Waals surface area contributed by atoms with E-state index in [9.17, 15) is 0 Å². The first-order valence-electron chi connectivity index (χ1n) is 6.79. The van der Waals surface area contributed by atoms with E-state index in [1.807, 2.05) is 0 Å². The largest absolute Gasteiger partial charge is 0.493 e. The first kappa shape index (κ1) is 11.1. The topological polar surface area (TPSA) is 21.3 Å². The fourth-order valence-electron chi connectivity index (χ4n) is 2.89. The average molecular weight is 231 g/mol. The van der Waals surface area contributed by atoms with Crippen molar-refractivity contribution in [1.29, 1.82) is 0 Å². The molecule has 1 heterocycles. The van der Waals surface area contributed by atoms with Gasteiger partial charge in [0.15, 0.2) is 0 Å². The molecule has 1 aromatic carbocycles. The van der Waals surface area contributed by atoms with Gasteiger partial charge in [-0.2, -0.15) is 0 Å². The highest BCUT2D eigenvalue weighted by atomic mass is 16.5. The summed E-state index contributed by atoms with van der Waals surface area (Å²) >= 11 is 0. The molecule has 1 N–H and O–H groups in total. The third-order valence-corrected chi connectivity index (χ3v) is 3.97. The molecule has 0 amide bonds. The van der Waals surface area contributed by atoms with Crippen LogP contribution in [0.1, 0.15) is 30.9 Å². The molecule has 0 atom stereocenters. The molecule has 3 rings (SSSR count). The Morgan fingerprint density at radius 3 is 3.06 bits per heavy atom. The molecule has 2 heteroatoms. The Kier molecular flexibility index (Phi) is 3.06. The number of hydrogen-bond acceptors (Lipinski definition) is 2. The van der Waals surface area contributed by atoms with E-state index in [0.717, 1.165) is 43.7 Å². The minimum atomic E-state index is 0.780. The maximum atomic E-state index is 5.52. The van der Waals surface area contributed by atoms with Crippen molar-refractivity contribution in [2.24, 2.45) is 5.92 Å². The normalized spacial score (nSPS) is 26.2. The van der Waals surface area contributed by atoms with Crippen LogP contribution in [-0.4, -0.2) is 19.2 Å². The molecule has 2 aliphatic rings. The van der Waals surface area contributed by atoms with E-state index in [4.69, 9.17) is 4.74 Å². The van der Waals surface area contributed by atoms with Crippen molar-refractivity contribution >= 4 is 0 Å². The molecule has 0 bridgehead atoms. The van der Waals surface area contributed by atoms with Crippen LogP contribution in [0.3, 0.4) is 0 Å². The Morgan fingerprint density at radius 1 is 1.35 bits per heavy atom. The van der Waals surface area contributed by atoms with Gasteiger partial charge in [0.25, 0.3) is 0 Å². The second-order valence-corrected chi connectivity index (χ2v) is 5.52. The van der Waals surface area contributed by atoms with Gasteiger partial charge in [-0.15, -0.1) is 0 Å². The summed E-state index contributed by atoms with van der Waals surface area (Å²) in [7, 11) is 0. The molecule has 17 heavy (non-hydrogen) atoms. The molecule has 2 nitrogen and oxygen atoms in total. The lowest BCUT2D eigenvalue weighted by molar-refractivity contribution is 0.243. The van der Waals surface area contributed by atoms with Crippen LogP contribution >= 0.6 is 0 Å². The summed E-state index contributed by atoms with van der Waals surface area (Å²) < 4.78 is 5.52. The van der Waals surface area contributed by atoms with Crippen molar-refractivity contribution in [3.63, 3.8) is 0 Å². The molecule has 0 spiro atoms. The van der Waals surface area contributed by atoms with E-state index >= 15 is 0 Å². The van der Waals surface area contributed by atoms with Gasteiger partial charge in [0.2, 0.25) is 0 Å². The number of hydrogen-bond donors (Lipinski definition) is 1. The molecular formula is C15H21NO. The van der Waals surface area contributed by atoms with Gasteiger partial charge in [-0.1, -0.05) is 19.1 Å². The highest BCUT2D eigenvalue weighted by molar-refractivity contribution is 5.39. The predicted octanol–water partition coefficient (Wildman–Crippen LogP) is 2.55. The molecule has 1 fully saturated rings. The lowest BCUT2D eigenvalue weighted by Crippen LogP contribution is -2.40. The van der Waals surface area contributed by atoms with E-state index in [1.165, 1.54) is 24.0 Å². The van der Waals surface area contributed by atoms with Crippen molar-refractivity contribution in [3.05, 3.63) is 29.3 Å². The van der Waals surface area contributed by atoms with Crippen molar-refractivity contribution in [3.8, 4) is 5.75 Å². The van der Waals surface area contributed by atoms with Gasteiger partial charge in [0, 0.05) is 12.5 Å². The van der Waals surface area contributed by atoms with Gasteiger partial charge < -0.3 is 10.1 Å². The Balaban J connectivity index is 1.48. The van der Waals surface area contributed by atoms with Crippen LogP contribution < -0.4 is 10.1 Å². The number of ether oxygens (including phenoxy) is 1. The standard InChI is InChI=1S/C15H21NO/c1-11-8-14(9-11)16-6-4-12-2-3-15-13(10-12)5-7-17-15/h2-3,10-11,14,16H,4-9H2,1H3. The minimum absolute atomic E-state index is 0.780. The van der Waals surface area contributed by atoms with Crippen molar-refractivity contribution in [2.75, 3.05) is 13.2 Å². The summed E-state index contributed by atoms with van der Waals surface area (Å²) in [5.41, 5.74) is 2.83.